The summed E-state index contributed by atoms with van der Waals surface area (Å²) in [7, 11) is 1.96. The molecule has 2 fully saturated rings. The summed E-state index contributed by atoms with van der Waals surface area (Å²) in [6.07, 6.45) is 4.83. The summed E-state index contributed by atoms with van der Waals surface area (Å²) in [4.78, 5) is 23.1. The molecule has 2 heterocycles. The van der Waals surface area contributed by atoms with E-state index < -0.39 is 12.0 Å². The van der Waals surface area contributed by atoms with E-state index in [9.17, 15) is 14.3 Å². The Bertz CT molecular complexity index is 1360. The number of halogens is 2. The smallest absolute Gasteiger partial charge is 0.321 e. The van der Waals surface area contributed by atoms with Crippen LogP contribution in [0.5, 0.6) is 0 Å². The van der Waals surface area contributed by atoms with E-state index in [2.05, 4.69) is 28.9 Å². The molecule has 1 aliphatic carbocycles. The Balaban J connectivity index is 1.24. The molecule has 3 unspecified atom stereocenters. The highest BCUT2D eigenvalue weighted by Gasteiger charge is 2.42. The van der Waals surface area contributed by atoms with Crippen LogP contribution in [0.25, 0.3) is 0 Å². The highest BCUT2D eigenvalue weighted by molar-refractivity contribution is 7.11. The van der Waals surface area contributed by atoms with E-state index in [0.29, 0.717) is 11.8 Å². The van der Waals surface area contributed by atoms with Crippen LogP contribution < -0.4 is 0 Å². The van der Waals surface area contributed by atoms with Crippen molar-refractivity contribution in [2.75, 3.05) is 26.7 Å². The van der Waals surface area contributed by atoms with Gasteiger partial charge >= 0.3 is 5.97 Å². The second kappa shape index (κ2) is 13.5. The largest absolute Gasteiger partial charge is 0.480 e. The molecule has 1 aromatic heterocycles. The zero-order valence-corrected chi connectivity index (χ0v) is 26.7. The number of carboxylic acids is 1. The Morgan fingerprint density at radius 2 is 1.88 bits per heavy atom. The predicted molar refractivity (Wildman–Crippen MR) is 169 cm³/mol. The predicted octanol–water partition coefficient (Wildman–Crippen LogP) is 7.62. The lowest BCUT2D eigenvalue weighted by molar-refractivity contribution is -0.145. The number of benzene rings is 2. The second-order valence-corrected chi connectivity index (χ2v) is 14.2. The Kier molecular flexibility index (Phi) is 10.0. The molecule has 8 heteroatoms. The first-order valence-corrected chi connectivity index (χ1v) is 16.4. The van der Waals surface area contributed by atoms with Crippen LogP contribution in [0.15, 0.2) is 48.5 Å². The SMILES string of the molecule is Cc1nc(Cc2ccc(Cl)cc2)sc1C1CCN(CC2CC(N(C)[C@@H](C(=O)O)C(C)C)CC2c2cccc(F)c2)CC1. The van der Waals surface area contributed by atoms with Gasteiger partial charge in [0.15, 0.2) is 0 Å². The van der Waals surface area contributed by atoms with Crippen molar-refractivity contribution >= 4 is 28.9 Å². The standard InChI is InChI=1S/C34H43ClFN3O2S/c1-21(2)32(34(40)41)38(4)29-18-26(30(19-29)25-6-5-7-28(36)17-25)20-39-14-12-24(13-15-39)33-22(3)37-31(42-33)16-23-8-10-27(35)11-9-23/h5-11,17,21,24,26,29-30,32H,12-16,18-20H2,1-4H3,(H,40,41)/t26?,29?,30?,32-/m1/s1. The zero-order chi connectivity index (χ0) is 30.0. The van der Waals surface area contributed by atoms with Crippen molar-refractivity contribution < 1.29 is 14.3 Å². The van der Waals surface area contributed by atoms with Crippen LogP contribution in [-0.2, 0) is 11.2 Å². The molecule has 2 aliphatic rings. The lowest BCUT2D eigenvalue weighted by atomic mass is 9.87. The first-order valence-electron chi connectivity index (χ1n) is 15.2. The summed E-state index contributed by atoms with van der Waals surface area (Å²) < 4.78 is 14.3. The highest BCUT2D eigenvalue weighted by atomic mass is 35.5. The zero-order valence-electron chi connectivity index (χ0n) is 25.1. The molecule has 0 amide bonds. The number of aromatic nitrogens is 1. The number of hydrogen-bond donors (Lipinski definition) is 1. The van der Waals surface area contributed by atoms with Crippen LogP contribution in [-0.4, -0.2) is 64.6 Å². The average Bonchev–Trinajstić information content (AvgIpc) is 3.53. The lowest BCUT2D eigenvalue weighted by Crippen LogP contribution is -2.47. The van der Waals surface area contributed by atoms with E-state index in [-0.39, 0.29) is 23.7 Å². The Labute approximate surface area is 258 Å². The molecule has 1 aliphatic heterocycles. The van der Waals surface area contributed by atoms with Crippen molar-refractivity contribution in [3.8, 4) is 0 Å². The fourth-order valence-electron chi connectivity index (χ4n) is 7.34. The molecule has 42 heavy (non-hydrogen) atoms. The van der Waals surface area contributed by atoms with E-state index in [1.165, 1.54) is 16.5 Å². The van der Waals surface area contributed by atoms with Gasteiger partial charge in [0.2, 0.25) is 0 Å². The second-order valence-electron chi connectivity index (χ2n) is 12.7. The molecule has 1 saturated carbocycles. The van der Waals surface area contributed by atoms with E-state index in [4.69, 9.17) is 16.6 Å². The van der Waals surface area contributed by atoms with Crippen molar-refractivity contribution in [2.45, 2.75) is 76.8 Å². The molecule has 1 saturated heterocycles. The summed E-state index contributed by atoms with van der Waals surface area (Å²) in [6, 6.07) is 14.7. The normalized spacial score (nSPS) is 22.7. The Hall–Kier alpha value is -2.32. The summed E-state index contributed by atoms with van der Waals surface area (Å²) in [5.74, 6) is 0.140. The van der Waals surface area contributed by atoms with Gasteiger partial charge in [0.05, 0.1) is 10.7 Å². The number of nitrogens with zero attached hydrogens (tertiary/aromatic N) is 3. The van der Waals surface area contributed by atoms with Gasteiger partial charge in [0.1, 0.15) is 11.9 Å². The molecule has 0 radical (unpaired) electrons. The number of likely N-dealkylation sites (N-methyl/N-ethyl adjacent to an activating group) is 1. The third-order valence-electron chi connectivity index (χ3n) is 9.44. The monoisotopic (exact) mass is 611 g/mol. The summed E-state index contributed by atoms with van der Waals surface area (Å²) in [6.45, 7) is 9.12. The van der Waals surface area contributed by atoms with Crippen LogP contribution in [0.1, 0.15) is 78.1 Å². The van der Waals surface area contributed by atoms with Gasteiger partial charge in [-0.05, 0) is 112 Å². The number of likely N-dealkylation sites (tertiary alicyclic amines) is 1. The fourth-order valence-corrected chi connectivity index (χ4v) is 8.74. The first kappa shape index (κ1) is 31.1. The molecule has 2 aromatic carbocycles. The van der Waals surface area contributed by atoms with Crippen LogP contribution >= 0.6 is 22.9 Å². The van der Waals surface area contributed by atoms with Crippen LogP contribution in [0, 0.1) is 24.6 Å². The molecule has 5 rings (SSSR count). The average molecular weight is 612 g/mol. The van der Waals surface area contributed by atoms with E-state index in [1.807, 2.05) is 50.4 Å². The lowest BCUT2D eigenvalue weighted by Gasteiger charge is -2.35. The molecule has 0 spiro atoms. The van der Waals surface area contributed by atoms with E-state index in [0.717, 1.165) is 73.0 Å². The van der Waals surface area contributed by atoms with Crippen LogP contribution in [0.4, 0.5) is 4.39 Å². The molecule has 5 nitrogen and oxygen atoms in total. The van der Waals surface area contributed by atoms with Gasteiger partial charge in [0.25, 0.3) is 0 Å². The van der Waals surface area contributed by atoms with Crippen molar-refractivity contribution in [2.24, 2.45) is 11.8 Å². The number of aryl methyl sites for hydroxylation is 1. The van der Waals surface area contributed by atoms with E-state index in [1.54, 1.807) is 12.1 Å². The molecule has 226 valence electrons. The van der Waals surface area contributed by atoms with Gasteiger partial charge in [-0.2, -0.15) is 0 Å². The topological polar surface area (TPSA) is 56.7 Å². The molecular weight excluding hydrogens is 569 g/mol. The minimum absolute atomic E-state index is 0.0140. The third-order valence-corrected chi connectivity index (χ3v) is 11.0. The molecular formula is C34H43ClFN3O2S. The van der Waals surface area contributed by atoms with Gasteiger partial charge < -0.3 is 10.0 Å². The van der Waals surface area contributed by atoms with Crippen molar-refractivity contribution in [1.82, 2.24) is 14.8 Å². The molecule has 3 aromatic rings. The van der Waals surface area contributed by atoms with Crippen molar-refractivity contribution in [1.29, 1.82) is 0 Å². The number of carboxylic acid groups (broad SMARTS) is 1. The first-order chi connectivity index (χ1) is 20.1. The third kappa shape index (κ3) is 7.24. The van der Waals surface area contributed by atoms with Gasteiger partial charge in [0, 0.05) is 28.9 Å². The number of carbonyl (C=O) groups is 1. The summed E-state index contributed by atoms with van der Waals surface area (Å²) in [5.41, 5.74) is 3.43. The Morgan fingerprint density at radius 3 is 2.52 bits per heavy atom. The summed E-state index contributed by atoms with van der Waals surface area (Å²) >= 11 is 7.91. The quantitative estimate of drug-likeness (QED) is 0.256. The maximum absolute atomic E-state index is 14.3. The van der Waals surface area contributed by atoms with Gasteiger partial charge in [-0.25, -0.2) is 9.37 Å². The maximum atomic E-state index is 14.3. The van der Waals surface area contributed by atoms with Gasteiger partial charge in [-0.15, -0.1) is 11.3 Å². The summed E-state index contributed by atoms with van der Waals surface area (Å²) in [5, 5.41) is 11.8. The number of rotatable bonds is 10. The van der Waals surface area contributed by atoms with E-state index >= 15 is 0 Å². The van der Waals surface area contributed by atoms with Gasteiger partial charge in [-0.1, -0.05) is 49.7 Å². The maximum Gasteiger partial charge on any atom is 0.321 e. The molecule has 0 bridgehead atoms. The van der Waals surface area contributed by atoms with Crippen molar-refractivity contribution in [3.05, 3.63) is 86.1 Å². The highest BCUT2D eigenvalue weighted by Crippen LogP contribution is 2.44. The van der Waals surface area contributed by atoms with Crippen LogP contribution in [0.2, 0.25) is 5.02 Å². The Morgan fingerprint density at radius 1 is 1.17 bits per heavy atom. The van der Waals surface area contributed by atoms with Crippen LogP contribution in [0.3, 0.4) is 0 Å². The minimum atomic E-state index is -0.769. The number of aliphatic carboxylic acids is 1. The molecule has 1 N–H and O–H groups in total. The number of hydrogen-bond acceptors (Lipinski definition) is 5. The number of piperidine rings is 1. The minimum Gasteiger partial charge on any atom is -0.480 e. The van der Waals surface area contributed by atoms with Crippen molar-refractivity contribution in [3.63, 3.8) is 0 Å². The fraction of sp³-hybridized carbons (Fsp3) is 0.529. The number of thiazole rings is 1. The van der Waals surface area contributed by atoms with Gasteiger partial charge in [-0.3, -0.25) is 9.69 Å². The molecule has 4 atom stereocenters.